The first-order chi connectivity index (χ1) is 12.2. The molecule has 0 saturated heterocycles. The Morgan fingerprint density at radius 2 is 2.12 bits per heavy atom. The van der Waals surface area contributed by atoms with Crippen LogP contribution < -0.4 is 9.75 Å². The Balaban J connectivity index is 1.80. The van der Waals surface area contributed by atoms with Crippen LogP contribution in [0.3, 0.4) is 0 Å². The quantitative estimate of drug-likeness (QED) is 0.788. The molecule has 2 atom stereocenters. The average molecular weight is 357 g/mol. The van der Waals surface area contributed by atoms with Gasteiger partial charge in [0, 0.05) is 5.02 Å². The van der Waals surface area contributed by atoms with Gasteiger partial charge in [0.2, 0.25) is 0 Å². The molecule has 0 amide bonds. The fourth-order valence-electron chi connectivity index (χ4n) is 3.36. The molecule has 0 radical (unpaired) electrons. The summed E-state index contributed by atoms with van der Waals surface area (Å²) in [4.78, 5) is 12.5. The van der Waals surface area contributed by atoms with Gasteiger partial charge in [0.1, 0.15) is 18.0 Å². The molecule has 6 heteroatoms. The van der Waals surface area contributed by atoms with E-state index in [0.29, 0.717) is 29.7 Å². The van der Waals surface area contributed by atoms with Gasteiger partial charge in [-0.05, 0) is 30.7 Å². The number of hydrogen-bond donors (Lipinski definition) is 0. The van der Waals surface area contributed by atoms with E-state index in [9.17, 15) is 4.79 Å². The van der Waals surface area contributed by atoms with Crippen LogP contribution in [0.2, 0.25) is 5.02 Å². The minimum Gasteiger partial charge on any atom is -0.489 e. The predicted octanol–water partition coefficient (Wildman–Crippen LogP) is 3.62. The van der Waals surface area contributed by atoms with E-state index in [1.165, 1.54) is 0 Å². The maximum atomic E-state index is 12.5. The summed E-state index contributed by atoms with van der Waals surface area (Å²) in [7, 11) is 0. The van der Waals surface area contributed by atoms with Gasteiger partial charge < -0.3 is 9.47 Å². The van der Waals surface area contributed by atoms with E-state index < -0.39 is 5.97 Å². The first-order valence-electron chi connectivity index (χ1n) is 8.21. The number of hydrazone groups is 1. The molecule has 2 aromatic rings. The molecule has 2 aliphatic rings. The first-order valence-corrected chi connectivity index (χ1v) is 8.59. The molecular weight excluding hydrogens is 340 g/mol. The van der Waals surface area contributed by atoms with E-state index in [1.54, 1.807) is 13.0 Å². The zero-order valence-electron chi connectivity index (χ0n) is 13.7. The van der Waals surface area contributed by atoms with Crippen molar-refractivity contribution >= 4 is 29.0 Å². The van der Waals surface area contributed by atoms with Crippen LogP contribution in [0, 0.1) is 0 Å². The van der Waals surface area contributed by atoms with Crippen molar-refractivity contribution in [2.75, 3.05) is 18.2 Å². The van der Waals surface area contributed by atoms with Crippen molar-refractivity contribution in [1.29, 1.82) is 0 Å². The molecule has 2 aromatic carbocycles. The van der Waals surface area contributed by atoms with Gasteiger partial charge >= 0.3 is 5.97 Å². The number of fused-ring (bicyclic) bond motifs is 3. The van der Waals surface area contributed by atoms with E-state index in [1.807, 2.05) is 47.5 Å². The summed E-state index contributed by atoms with van der Waals surface area (Å²) in [6, 6.07) is 15.1. The van der Waals surface area contributed by atoms with Crippen LogP contribution in [0.5, 0.6) is 5.75 Å². The number of benzene rings is 2. The maximum Gasteiger partial charge on any atom is 0.355 e. The van der Waals surface area contributed by atoms with Gasteiger partial charge in [0.05, 0.1) is 18.6 Å². The monoisotopic (exact) mass is 356 g/mol. The van der Waals surface area contributed by atoms with Crippen LogP contribution in [0.25, 0.3) is 0 Å². The summed E-state index contributed by atoms with van der Waals surface area (Å²) < 4.78 is 11.1. The fourth-order valence-corrected chi connectivity index (χ4v) is 3.52. The Morgan fingerprint density at radius 3 is 2.88 bits per heavy atom. The number of carbonyl (C=O) groups is 1. The molecule has 4 rings (SSSR count). The number of ether oxygens (including phenoxy) is 2. The van der Waals surface area contributed by atoms with Gasteiger partial charge in [-0.1, -0.05) is 41.9 Å². The Bertz CT molecular complexity index is 838. The lowest BCUT2D eigenvalue weighted by molar-refractivity contribution is -0.135. The summed E-state index contributed by atoms with van der Waals surface area (Å²) >= 11 is 6.15. The van der Waals surface area contributed by atoms with Crippen molar-refractivity contribution in [2.24, 2.45) is 5.10 Å². The highest BCUT2D eigenvalue weighted by Crippen LogP contribution is 2.43. The second kappa shape index (κ2) is 6.41. The minimum atomic E-state index is -0.394. The second-order valence-corrected chi connectivity index (χ2v) is 6.37. The predicted molar refractivity (Wildman–Crippen MR) is 96.5 cm³/mol. The van der Waals surface area contributed by atoms with Gasteiger partial charge in [-0.25, -0.2) is 4.79 Å². The number of anilines is 1. The summed E-state index contributed by atoms with van der Waals surface area (Å²) in [6.45, 7) is 2.53. The molecule has 0 fully saturated rings. The standard InChI is InChI=1S/C19H17ClN2O3/c1-2-24-19(23)18-17(12-6-4-3-5-7-12)15-11-25-16-9-8-13(20)10-14(16)22(15)21-18/h3-10,15,17H,2,11H2,1H3/t15-,17?/m0/s1. The molecule has 0 spiro atoms. The fraction of sp³-hybridized carbons (Fsp3) is 0.263. The lowest BCUT2D eigenvalue weighted by atomic mass is 9.87. The van der Waals surface area contributed by atoms with Gasteiger partial charge in [-0.3, -0.25) is 5.01 Å². The highest BCUT2D eigenvalue weighted by atomic mass is 35.5. The molecule has 0 N–H and O–H groups in total. The SMILES string of the molecule is CCOC(=O)C1=NN2c3cc(Cl)ccc3OC[C@H]2C1c1ccccc1. The van der Waals surface area contributed by atoms with Gasteiger partial charge in [0.15, 0.2) is 5.71 Å². The van der Waals surface area contributed by atoms with Gasteiger partial charge in [0.25, 0.3) is 0 Å². The topological polar surface area (TPSA) is 51.1 Å². The third-order valence-corrected chi connectivity index (χ3v) is 4.66. The molecule has 0 aliphatic carbocycles. The van der Waals surface area contributed by atoms with E-state index in [4.69, 9.17) is 21.1 Å². The van der Waals surface area contributed by atoms with Crippen LogP contribution in [-0.4, -0.2) is 30.9 Å². The number of esters is 1. The Hall–Kier alpha value is -2.53. The molecule has 0 bridgehead atoms. The second-order valence-electron chi connectivity index (χ2n) is 5.93. The summed E-state index contributed by atoms with van der Waals surface area (Å²) in [6.07, 6.45) is 0. The van der Waals surface area contributed by atoms with E-state index in [2.05, 4.69) is 5.10 Å². The van der Waals surface area contributed by atoms with Crippen molar-refractivity contribution in [3.05, 3.63) is 59.1 Å². The van der Waals surface area contributed by atoms with Crippen molar-refractivity contribution in [3.63, 3.8) is 0 Å². The van der Waals surface area contributed by atoms with Crippen molar-refractivity contribution in [3.8, 4) is 5.75 Å². The molecule has 128 valence electrons. The molecular formula is C19H17ClN2O3. The first kappa shape index (κ1) is 16.0. The van der Waals surface area contributed by atoms with Crippen LogP contribution in [0.4, 0.5) is 5.69 Å². The Morgan fingerprint density at radius 1 is 1.32 bits per heavy atom. The molecule has 1 unspecified atom stereocenters. The number of hydrogen-bond acceptors (Lipinski definition) is 5. The molecule has 2 aliphatic heterocycles. The number of nitrogens with zero attached hydrogens (tertiary/aromatic N) is 2. The number of carbonyl (C=O) groups excluding carboxylic acids is 1. The van der Waals surface area contributed by atoms with E-state index in [-0.39, 0.29) is 12.0 Å². The zero-order valence-corrected chi connectivity index (χ0v) is 14.4. The molecule has 2 heterocycles. The normalized spacial score (nSPS) is 21.0. The zero-order chi connectivity index (χ0) is 17.4. The van der Waals surface area contributed by atoms with Crippen molar-refractivity contribution in [1.82, 2.24) is 0 Å². The van der Waals surface area contributed by atoms with Crippen LogP contribution in [0.1, 0.15) is 18.4 Å². The average Bonchev–Trinajstić information content (AvgIpc) is 3.03. The summed E-state index contributed by atoms with van der Waals surface area (Å²) in [5, 5.41) is 7.04. The van der Waals surface area contributed by atoms with Gasteiger partial charge in [-0.15, -0.1) is 0 Å². The smallest absolute Gasteiger partial charge is 0.355 e. The third-order valence-electron chi connectivity index (χ3n) is 4.43. The number of halogens is 1. The van der Waals surface area contributed by atoms with Gasteiger partial charge in [-0.2, -0.15) is 5.10 Å². The lowest BCUT2D eigenvalue weighted by Crippen LogP contribution is -2.41. The molecule has 25 heavy (non-hydrogen) atoms. The Labute approximate surface area is 150 Å². The van der Waals surface area contributed by atoms with Crippen LogP contribution in [-0.2, 0) is 9.53 Å². The Kier molecular flexibility index (Phi) is 4.09. The van der Waals surface area contributed by atoms with Crippen molar-refractivity contribution < 1.29 is 14.3 Å². The van der Waals surface area contributed by atoms with Crippen LogP contribution in [0.15, 0.2) is 53.6 Å². The highest BCUT2D eigenvalue weighted by molar-refractivity contribution is 6.40. The third kappa shape index (κ3) is 2.74. The molecule has 0 saturated carbocycles. The van der Waals surface area contributed by atoms with Crippen molar-refractivity contribution in [2.45, 2.75) is 18.9 Å². The molecule has 0 aromatic heterocycles. The lowest BCUT2D eigenvalue weighted by Gasteiger charge is -2.33. The summed E-state index contributed by atoms with van der Waals surface area (Å²) in [5.41, 5.74) is 2.18. The van der Waals surface area contributed by atoms with Crippen LogP contribution >= 0.6 is 11.6 Å². The molecule has 5 nitrogen and oxygen atoms in total. The summed E-state index contributed by atoms with van der Waals surface area (Å²) in [5.74, 6) is 0.100. The highest BCUT2D eigenvalue weighted by Gasteiger charge is 2.45. The minimum absolute atomic E-state index is 0.118. The maximum absolute atomic E-state index is 12.5. The number of rotatable bonds is 3. The van der Waals surface area contributed by atoms with E-state index in [0.717, 1.165) is 11.3 Å². The largest absolute Gasteiger partial charge is 0.489 e. The van der Waals surface area contributed by atoms with E-state index >= 15 is 0 Å².